The third-order valence-electron chi connectivity index (χ3n) is 3.49. The number of carbonyl (C=O) groups excluding carboxylic acids is 3. The summed E-state index contributed by atoms with van der Waals surface area (Å²) in [5, 5.41) is 0. The van der Waals surface area contributed by atoms with Crippen LogP contribution in [0.5, 0.6) is 0 Å². The zero-order valence-corrected chi connectivity index (χ0v) is 12.9. The van der Waals surface area contributed by atoms with Crippen LogP contribution in [0, 0.1) is 11.8 Å². The number of hydrogen-bond donors (Lipinski definition) is 0. The van der Waals surface area contributed by atoms with E-state index in [1.807, 2.05) is 0 Å². The first-order valence-corrected chi connectivity index (χ1v) is 6.55. The molecule has 0 fully saturated rings. The number of ketones is 1. The molecule has 3 atom stereocenters. The molecule has 110 valence electrons. The van der Waals surface area contributed by atoms with Gasteiger partial charge in [0.15, 0.2) is 5.78 Å². The van der Waals surface area contributed by atoms with Crippen molar-refractivity contribution in [3.63, 3.8) is 0 Å². The fourth-order valence-electron chi connectivity index (χ4n) is 1.86. The van der Waals surface area contributed by atoms with Crippen molar-refractivity contribution in [2.24, 2.45) is 11.8 Å². The second kappa shape index (κ2) is 7.26. The van der Waals surface area contributed by atoms with Crippen molar-refractivity contribution in [1.29, 1.82) is 0 Å². The zero-order chi connectivity index (χ0) is 15.3. The fourth-order valence-corrected chi connectivity index (χ4v) is 1.86. The number of Topliss-reactive ketones (excluding diaryl/α,β-unsaturated/α-hetero) is 1. The monoisotopic (exact) mass is 271 g/mol. The average molecular weight is 271 g/mol. The van der Waals surface area contributed by atoms with Crippen LogP contribution in [0.25, 0.3) is 0 Å². The molecule has 0 heterocycles. The number of hydrogen-bond acceptors (Lipinski definition) is 4. The summed E-state index contributed by atoms with van der Waals surface area (Å²) >= 11 is 0. The van der Waals surface area contributed by atoms with E-state index >= 15 is 0 Å². The van der Waals surface area contributed by atoms with Gasteiger partial charge in [0.05, 0.1) is 19.1 Å². The second-order valence-corrected chi connectivity index (χ2v) is 5.24. The van der Waals surface area contributed by atoms with Crippen LogP contribution < -0.4 is 0 Å². The lowest BCUT2D eigenvalue weighted by Crippen LogP contribution is -2.52. The number of esters is 1. The van der Waals surface area contributed by atoms with Crippen LogP contribution in [0.15, 0.2) is 0 Å². The SMILES string of the molecule is COC(=O)C(C)C(C)N(C(=O)C(C)C)C(C)C(C)=O. The highest BCUT2D eigenvalue weighted by Crippen LogP contribution is 2.19. The van der Waals surface area contributed by atoms with Gasteiger partial charge in [-0.15, -0.1) is 0 Å². The highest BCUT2D eigenvalue weighted by molar-refractivity contribution is 5.88. The molecule has 0 aromatic heterocycles. The lowest BCUT2D eigenvalue weighted by molar-refractivity contribution is -0.152. The van der Waals surface area contributed by atoms with Gasteiger partial charge >= 0.3 is 5.97 Å². The summed E-state index contributed by atoms with van der Waals surface area (Å²) in [7, 11) is 1.31. The van der Waals surface area contributed by atoms with E-state index < -0.39 is 12.0 Å². The smallest absolute Gasteiger partial charge is 0.310 e. The first-order chi connectivity index (χ1) is 8.64. The largest absolute Gasteiger partial charge is 0.469 e. The van der Waals surface area contributed by atoms with Gasteiger partial charge in [-0.2, -0.15) is 0 Å². The van der Waals surface area contributed by atoms with E-state index in [0.717, 1.165) is 0 Å². The number of amides is 1. The van der Waals surface area contributed by atoms with Gasteiger partial charge < -0.3 is 9.64 Å². The molecule has 0 saturated heterocycles. The summed E-state index contributed by atoms with van der Waals surface area (Å²) < 4.78 is 4.70. The van der Waals surface area contributed by atoms with Gasteiger partial charge in [0.1, 0.15) is 0 Å². The second-order valence-electron chi connectivity index (χ2n) is 5.24. The molecule has 0 radical (unpaired) electrons. The summed E-state index contributed by atoms with van der Waals surface area (Å²) in [6.07, 6.45) is 0. The van der Waals surface area contributed by atoms with Crippen molar-refractivity contribution in [3.05, 3.63) is 0 Å². The summed E-state index contributed by atoms with van der Waals surface area (Å²) in [6, 6.07) is -0.932. The van der Waals surface area contributed by atoms with E-state index in [0.29, 0.717) is 0 Å². The molecule has 19 heavy (non-hydrogen) atoms. The molecule has 0 aliphatic carbocycles. The molecule has 0 aromatic rings. The van der Waals surface area contributed by atoms with E-state index in [-0.39, 0.29) is 29.6 Å². The normalized spacial score (nSPS) is 15.6. The van der Waals surface area contributed by atoms with Crippen LogP contribution in [0.2, 0.25) is 0 Å². The van der Waals surface area contributed by atoms with Crippen molar-refractivity contribution in [2.75, 3.05) is 7.11 Å². The van der Waals surface area contributed by atoms with Crippen LogP contribution >= 0.6 is 0 Å². The maximum Gasteiger partial charge on any atom is 0.310 e. The molecular weight excluding hydrogens is 246 g/mol. The minimum absolute atomic E-state index is 0.0992. The predicted molar refractivity (Wildman–Crippen MR) is 72.5 cm³/mol. The minimum Gasteiger partial charge on any atom is -0.469 e. The Morgan fingerprint density at radius 3 is 1.79 bits per heavy atom. The van der Waals surface area contributed by atoms with Gasteiger partial charge in [-0.25, -0.2) is 0 Å². The lowest BCUT2D eigenvalue weighted by Gasteiger charge is -2.37. The molecule has 0 spiro atoms. The molecule has 5 heteroatoms. The van der Waals surface area contributed by atoms with Gasteiger partial charge in [-0.05, 0) is 27.7 Å². The molecule has 0 bridgehead atoms. The quantitative estimate of drug-likeness (QED) is 0.689. The number of carbonyl (C=O) groups is 3. The number of ether oxygens (including phenoxy) is 1. The van der Waals surface area contributed by atoms with Crippen LogP contribution in [-0.2, 0) is 19.1 Å². The molecule has 0 aliphatic heterocycles. The third-order valence-corrected chi connectivity index (χ3v) is 3.49. The first-order valence-electron chi connectivity index (χ1n) is 6.55. The topological polar surface area (TPSA) is 63.7 Å². The van der Waals surface area contributed by atoms with Gasteiger partial charge in [-0.1, -0.05) is 13.8 Å². The van der Waals surface area contributed by atoms with Gasteiger partial charge in [-0.3, -0.25) is 14.4 Å². The van der Waals surface area contributed by atoms with Crippen LogP contribution in [-0.4, -0.2) is 41.8 Å². The van der Waals surface area contributed by atoms with Crippen molar-refractivity contribution < 1.29 is 19.1 Å². The summed E-state index contributed by atoms with van der Waals surface area (Å²) in [5.41, 5.74) is 0. The Kier molecular flexibility index (Phi) is 6.73. The zero-order valence-electron chi connectivity index (χ0n) is 12.9. The van der Waals surface area contributed by atoms with E-state index in [1.165, 1.54) is 18.9 Å². The molecule has 1 amide bonds. The molecular formula is C14H25NO4. The summed E-state index contributed by atoms with van der Waals surface area (Å²) in [6.45, 7) is 10.1. The standard InChI is InChI=1S/C14H25NO4/c1-8(2)13(17)15(11(5)12(6)16)10(4)9(3)14(18)19-7/h8-11H,1-7H3. The van der Waals surface area contributed by atoms with Crippen LogP contribution in [0.3, 0.4) is 0 Å². The maximum absolute atomic E-state index is 12.3. The highest BCUT2D eigenvalue weighted by atomic mass is 16.5. The molecule has 0 aromatic carbocycles. The molecule has 0 N–H and O–H groups in total. The van der Waals surface area contributed by atoms with Crippen LogP contribution in [0.4, 0.5) is 0 Å². The Hall–Kier alpha value is -1.39. The molecule has 3 unspecified atom stereocenters. The average Bonchev–Trinajstić information content (AvgIpc) is 2.36. The Balaban J connectivity index is 5.30. The molecule has 5 nitrogen and oxygen atoms in total. The van der Waals surface area contributed by atoms with Gasteiger partial charge in [0, 0.05) is 12.0 Å². The van der Waals surface area contributed by atoms with E-state index in [1.54, 1.807) is 34.6 Å². The fraction of sp³-hybridized carbons (Fsp3) is 0.786. The van der Waals surface area contributed by atoms with Crippen LogP contribution in [0.1, 0.15) is 41.5 Å². The summed E-state index contributed by atoms with van der Waals surface area (Å²) in [5.74, 6) is -1.32. The predicted octanol–water partition coefficient (Wildman–Crippen LogP) is 1.65. The molecule has 0 rings (SSSR count). The number of nitrogens with zero attached hydrogens (tertiary/aromatic N) is 1. The number of methoxy groups -OCH3 is 1. The van der Waals surface area contributed by atoms with E-state index in [9.17, 15) is 14.4 Å². The Bertz CT molecular complexity index is 351. The summed E-state index contributed by atoms with van der Waals surface area (Å²) in [4.78, 5) is 36.9. The number of rotatable bonds is 6. The Labute approximate surface area is 115 Å². The molecule has 0 aliphatic rings. The van der Waals surface area contributed by atoms with Crippen molar-refractivity contribution in [2.45, 2.75) is 53.6 Å². The lowest BCUT2D eigenvalue weighted by atomic mass is 9.97. The van der Waals surface area contributed by atoms with E-state index in [4.69, 9.17) is 4.74 Å². The first kappa shape index (κ1) is 17.6. The Morgan fingerprint density at radius 2 is 1.47 bits per heavy atom. The van der Waals surface area contributed by atoms with Gasteiger partial charge in [0.2, 0.25) is 5.91 Å². The van der Waals surface area contributed by atoms with Crippen molar-refractivity contribution in [1.82, 2.24) is 4.90 Å². The third kappa shape index (κ3) is 4.33. The highest BCUT2D eigenvalue weighted by Gasteiger charge is 2.35. The van der Waals surface area contributed by atoms with Crippen molar-refractivity contribution >= 4 is 17.7 Å². The minimum atomic E-state index is -0.544. The van der Waals surface area contributed by atoms with Gasteiger partial charge in [0.25, 0.3) is 0 Å². The molecule has 0 saturated carbocycles. The maximum atomic E-state index is 12.3. The van der Waals surface area contributed by atoms with E-state index in [2.05, 4.69) is 0 Å². The van der Waals surface area contributed by atoms with Crippen molar-refractivity contribution in [3.8, 4) is 0 Å². The Morgan fingerprint density at radius 1 is 1.00 bits per heavy atom.